The first-order chi connectivity index (χ1) is 9.70. The molecule has 4 heteroatoms. The molecule has 0 atom stereocenters. The van der Waals surface area contributed by atoms with Crippen molar-refractivity contribution in [2.45, 2.75) is 13.3 Å². The van der Waals surface area contributed by atoms with E-state index >= 15 is 0 Å². The minimum Gasteiger partial charge on any atom is -0.476 e. The standard InChI is InChI=1S/C16H14N2O2/c1-2-14-17-15(16(19)20)13-9-8-12(10-18(13)14)11-6-4-3-5-7-11/h3-10H,2H2,1H3,(H,19,20). The summed E-state index contributed by atoms with van der Waals surface area (Å²) in [6.07, 6.45) is 2.63. The molecule has 0 unspecified atom stereocenters. The van der Waals surface area contributed by atoms with Gasteiger partial charge in [0, 0.05) is 12.6 Å². The molecular formula is C16H14N2O2. The number of carbonyl (C=O) groups is 1. The van der Waals surface area contributed by atoms with E-state index in [0.717, 1.165) is 17.0 Å². The van der Waals surface area contributed by atoms with Gasteiger partial charge in [-0.2, -0.15) is 0 Å². The van der Waals surface area contributed by atoms with Gasteiger partial charge in [0.25, 0.3) is 0 Å². The molecule has 3 aromatic rings. The van der Waals surface area contributed by atoms with Crippen molar-refractivity contribution in [1.82, 2.24) is 9.38 Å². The SMILES string of the molecule is CCc1nc(C(=O)O)c2ccc(-c3ccccc3)cn12. The van der Waals surface area contributed by atoms with E-state index in [1.165, 1.54) is 0 Å². The Morgan fingerprint density at radius 3 is 2.55 bits per heavy atom. The molecule has 0 fully saturated rings. The molecule has 0 spiro atoms. The molecule has 1 aromatic carbocycles. The average molecular weight is 266 g/mol. The fourth-order valence-corrected chi connectivity index (χ4v) is 2.36. The smallest absolute Gasteiger partial charge is 0.356 e. The van der Waals surface area contributed by atoms with Crippen LogP contribution in [0, 0.1) is 0 Å². The van der Waals surface area contributed by atoms with Gasteiger partial charge in [-0.3, -0.25) is 0 Å². The van der Waals surface area contributed by atoms with Gasteiger partial charge in [-0.05, 0) is 17.2 Å². The maximum Gasteiger partial charge on any atom is 0.356 e. The van der Waals surface area contributed by atoms with Crippen LogP contribution in [0.1, 0.15) is 23.2 Å². The molecule has 2 heterocycles. The molecular weight excluding hydrogens is 252 g/mol. The van der Waals surface area contributed by atoms with Crippen molar-refractivity contribution in [1.29, 1.82) is 0 Å². The number of benzene rings is 1. The van der Waals surface area contributed by atoms with Crippen LogP contribution in [0.2, 0.25) is 0 Å². The lowest BCUT2D eigenvalue weighted by molar-refractivity contribution is 0.0693. The summed E-state index contributed by atoms with van der Waals surface area (Å²) in [5, 5.41) is 9.20. The van der Waals surface area contributed by atoms with Gasteiger partial charge in [-0.25, -0.2) is 9.78 Å². The van der Waals surface area contributed by atoms with Crippen molar-refractivity contribution in [2.75, 3.05) is 0 Å². The lowest BCUT2D eigenvalue weighted by Gasteiger charge is -2.04. The number of hydrogen-bond donors (Lipinski definition) is 1. The topological polar surface area (TPSA) is 54.6 Å². The number of hydrogen-bond acceptors (Lipinski definition) is 2. The molecule has 100 valence electrons. The van der Waals surface area contributed by atoms with Crippen molar-refractivity contribution in [2.24, 2.45) is 0 Å². The number of carboxylic acids is 1. The normalized spacial score (nSPS) is 10.8. The van der Waals surface area contributed by atoms with Gasteiger partial charge in [-0.1, -0.05) is 43.3 Å². The number of aryl methyl sites for hydroxylation is 1. The van der Waals surface area contributed by atoms with Gasteiger partial charge in [0.2, 0.25) is 0 Å². The van der Waals surface area contributed by atoms with Gasteiger partial charge >= 0.3 is 5.97 Å². The minimum atomic E-state index is -0.991. The second-order valence-corrected chi connectivity index (χ2v) is 4.57. The predicted molar refractivity (Wildman–Crippen MR) is 77.0 cm³/mol. The van der Waals surface area contributed by atoms with Crippen LogP contribution in [0.4, 0.5) is 0 Å². The number of aromatic carboxylic acids is 1. The first-order valence-electron chi connectivity index (χ1n) is 6.50. The summed E-state index contributed by atoms with van der Waals surface area (Å²) in [6.45, 7) is 1.97. The van der Waals surface area contributed by atoms with Crippen LogP contribution in [0.3, 0.4) is 0 Å². The largest absolute Gasteiger partial charge is 0.476 e. The molecule has 20 heavy (non-hydrogen) atoms. The molecule has 0 aliphatic rings. The van der Waals surface area contributed by atoms with E-state index in [2.05, 4.69) is 4.98 Å². The number of nitrogens with zero attached hydrogens (tertiary/aromatic N) is 2. The fourth-order valence-electron chi connectivity index (χ4n) is 2.36. The highest BCUT2D eigenvalue weighted by Crippen LogP contribution is 2.22. The molecule has 0 aliphatic heterocycles. The van der Waals surface area contributed by atoms with Gasteiger partial charge in [-0.15, -0.1) is 0 Å². The Kier molecular flexibility index (Phi) is 2.99. The Labute approximate surface area is 116 Å². The van der Waals surface area contributed by atoms with Crippen LogP contribution in [-0.2, 0) is 6.42 Å². The van der Waals surface area contributed by atoms with Gasteiger partial charge in [0.05, 0.1) is 5.52 Å². The zero-order chi connectivity index (χ0) is 14.1. The van der Waals surface area contributed by atoms with E-state index in [1.807, 2.05) is 60.0 Å². The molecule has 0 saturated heterocycles. The highest BCUT2D eigenvalue weighted by molar-refractivity contribution is 5.94. The number of imidazole rings is 1. The second-order valence-electron chi connectivity index (χ2n) is 4.57. The first-order valence-corrected chi connectivity index (χ1v) is 6.50. The maximum atomic E-state index is 11.2. The number of carboxylic acid groups (broad SMARTS) is 1. The molecule has 0 radical (unpaired) electrons. The van der Waals surface area contributed by atoms with E-state index < -0.39 is 5.97 Å². The lowest BCUT2D eigenvalue weighted by Crippen LogP contribution is -1.97. The highest BCUT2D eigenvalue weighted by atomic mass is 16.4. The molecule has 0 bridgehead atoms. The van der Waals surface area contributed by atoms with E-state index in [-0.39, 0.29) is 5.69 Å². The van der Waals surface area contributed by atoms with Crippen LogP contribution in [0.15, 0.2) is 48.7 Å². The molecule has 0 amide bonds. The van der Waals surface area contributed by atoms with E-state index in [0.29, 0.717) is 11.9 Å². The van der Waals surface area contributed by atoms with E-state index in [9.17, 15) is 9.90 Å². The highest BCUT2D eigenvalue weighted by Gasteiger charge is 2.16. The summed E-state index contributed by atoms with van der Waals surface area (Å²) >= 11 is 0. The van der Waals surface area contributed by atoms with E-state index in [1.54, 1.807) is 0 Å². The maximum absolute atomic E-state index is 11.2. The van der Waals surface area contributed by atoms with Gasteiger partial charge < -0.3 is 9.51 Å². The van der Waals surface area contributed by atoms with Crippen molar-refractivity contribution >= 4 is 11.5 Å². The first kappa shape index (κ1) is 12.4. The minimum absolute atomic E-state index is 0.112. The Bertz CT molecular complexity index is 776. The van der Waals surface area contributed by atoms with Crippen LogP contribution in [-0.4, -0.2) is 20.5 Å². The number of rotatable bonds is 3. The summed E-state index contributed by atoms with van der Waals surface area (Å²) in [7, 11) is 0. The predicted octanol–water partition coefficient (Wildman–Crippen LogP) is 3.26. The van der Waals surface area contributed by atoms with E-state index in [4.69, 9.17) is 0 Å². The van der Waals surface area contributed by atoms with Crippen LogP contribution in [0.25, 0.3) is 16.6 Å². The third-order valence-corrected chi connectivity index (χ3v) is 3.34. The second kappa shape index (κ2) is 4.81. The van der Waals surface area contributed by atoms with Crippen molar-refractivity contribution in [3.05, 3.63) is 60.2 Å². The third-order valence-electron chi connectivity index (χ3n) is 3.34. The van der Waals surface area contributed by atoms with Crippen LogP contribution < -0.4 is 0 Å². The molecule has 1 N–H and O–H groups in total. The Morgan fingerprint density at radius 1 is 1.15 bits per heavy atom. The summed E-state index contributed by atoms with van der Waals surface area (Å²) in [4.78, 5) is 15.4. The lowest BCUT2D eigenvalue weighted by atomic mass is 10.1. The molecule has 0 aliphatic carbocycles. The third kappa shape index (κ3) is 1.95. The number of pyridine rings is 1. The average Bonchev–Trinajstić information content (AvgIpc) is 2.86. The summed E-state index contributed by atoms with van der Waals surface area (Å²) in [6, 6.07) is 13.7. The summed E-state index contributed by atoms with van der Waals surface area (Å²) < 4.78 is 1.87. The summed E-state index contributed by atoms with van der Waals surface area (Å²) in [5.41, 5.74) is 2.89. The number of fused-ring (bicyclic) bond motifs is 1. The Balaban J connectivity index is 2.23. The van der Waals surface area contributed by atoms with Crippen molar-refractivity contribution in [3.8, 4) is 11.1 Å². The van der Waals surface area contributed by atoms with Crippen molar-refractivity contribution in [3.63, 3.8) is 0 Å². The van der Waals surface area contributed by atoms with Crippen molar-refractivity contribution < 1.29 is 9.90 Å². The quantitative estimate of drug-likeness (QED) is 0.791. The van der Waals surface area contributed by atoms with Crippen LogP contribution in [0.5, 0.6) is 0 Å². The van der Waals surface area contributed by atoms with Gasteiger partial charge in [0.15, 0.2) is 5.69 Å². The fraction of sp³-hybridized carbons (Fsp3) is 0.125. The zero-order valence-electron chi connectivity index (χ0n) is 11.1. The monoisotopic (exact) mass is 266 g/mol. The zero-order valence-corrected chi connectivity index (χ0v) is 11.1. The Morgan fingerprint density at radius 2 is 1.90 bits per heavy atom. The number of aromatic nitrogens is 2. The molecule has 4 nitrogen and oxygen atoms in total. The Hall–Kier alpha value is -2.62. The van der Waals surface area contributed by atoms with Crippen LogP contribution >= 0.6 is 0 Å². The molecule has 2 aromatic heterocycles. The molecule has 3 rings (SSSR count). The molecule has 0 saturated carbocycles. The van der Waals surface area contributed by atoms with Gasteiger partial charge in [0.1, 0.15) is 5.82 Å². The summed E-state index contributed by atoms with van der Waals surface area (Å²) in [5.74, 6) is -0.232.